The molecule has 2 fully saturated rings. The van der Waals surface area contributed by atoms with Crippen molar-refractivity contribution in [1.82, 2.24) is 14.8 Å². The maximum Gasteiger partial charge on any atom is 0.270 e. The highest BCUT2D eigenvalue weighted by atomic mass is 19.1. The average molecular weight is 370 g/mol. The summed E-state index contributed by atoms with van der Waals surface area (Å²) in [4.78, 5) is 22.6. The molecule has 1 aromatic carbocycles. The van der Waals surface area contributed by atoms with Gasteiger partial charge in [0.05, 0.1) is 0 Å². The van der Waals surface area contributed by atoms with Crippen LogP contribution in [0.25, 0.3) is 0 Å². The van der Waals surface area contributed by atoms with E-state index in [4.69, 9.17) is 0 Å². The van der Waals surface area contributed by atoms with Gasteiger partial charge in [-0.15, -0.1) is 0 Å². The zero-order valence-electron chi connectivity index (χ0n) is 15.8. The number of rotatable bonds is 3. The van der Waals surface area contributed by atoms with Gasteiger partial charge in [0.1, 0.15) is 11.5 Å². The number of anilines is 1. The van der Waals surface area contributed by atoms with E-state index in [1.165, 1.54) is 12.1 Å². The third kappa shape index (κ3) is 4.00. The third-order valence-electron chi connectivity index (χ3n) is 5.76. The highest BCUT2D eigenvalue weighted by Gasteiger charge is 2.30. The van der Waals surface area contributed by atoms with Crippen LogP contribution in [0.15, 0.2) is 36.5 Å². The van der Waals surface area contributed by atoms with Crippen LogP contribution < -0.4 is 4.90 Å². The lowest BCUT2D eigenvalue weighted by molar-refractivity contribution is 0.0559. The van der Waals surface area contributed by atoms with Crippen molar-refractivity contribution in [2.45, 2.75) is 25.8 Å². The number of amides is 1. The standard InChI is InChI=1S/C21H27FN4O/c1-16-13-20(23-14-16)21(27)26-8-2-3-19(15-26)25-11-9-24(10-12-25)18-6-4-17(22)5-7-18/h4-7,13-14,19,23H,2-3,8-12,15H2,1H3/t19-/m0/s1. The first-order valence-electron chi connectivity index (χ1n) is 9.79. The summed E-state index contributed by atoms with van der Waals surface area (Å²) in [6.07, 6.45) is 4.07. The highest BCUT2D eigenvalue weighted by Crippen LogP contribution is 2.22. The molecular weight excluding hydrogens is 343 g/mol. The summed E-state index contributed by atoms with van der Waals surface area (Å²) in [6.45, 7) is 7.46. The second-order valence-corrected chi connectivity index (χ2v) is 7.64. The van der Waals surface area contributed by atoms with Crippen molar-refractivity contribution in [3.63, 3.8) is 0 Å². The fourth-order valence-electron chi connectivity index (χ4n) is 4.23. The van der Waals surface area contributed by atoms with E-state index in [9.17, 15) is 9.18 Å². The van der Waals surface area contributed by atoms with Gasteiger partial charge < -0.3 is 14.8 Å². The number of likely N-dealkylation sites (tertiary alicyclic amines) is 1. The molecule has 2 aliphatic rings. The lowest BCUT2D eigenvalue weighted by atomic mass is 10.0. The fourth-order valence-corrected chi connectivity index (χ4v) is 4.23. The number of aromatic amines is 1. The molecule has 2 aliphatic heterocycles. The van der Waals surface area contributed by atoms with Crippen LogP contribution in [0.3, 0.4) is 0 Å². The van der Waals surface area contributed by atoms with Crippen molar-refractivity contribution >= 4 is 11.6 Å². The van der Waals surface area contributed by atoms with Gasteiger partial charge in [-0.1, -0.05) is 0 Å². The maximum atomic E-state index is 13.1. The van der Waals surface area contributed by atoms with Gasteiger partial charge in [0.2, 0.25) is 0 Å². The lowest BCUT2D eigenvalue weighted by Gasteiger charge is -2.43. The number of piperidine rings is 1. The molecule has 2 saturated heterocycles. The van der Waals surface area contributed by atoms with Gasteiger partial charge in [0.25, 0.3) is 5.91 Å². The zero-order valence-corrected chi connectivity index (χ0v) is 15.8. The van der Waals surface area contributed by atoms with Gasteiger partial charge in [-0.25, -0.2) is 4.39 Å². The zero-order chi connectivity index (χ0) is 18.8. The summed E-state index contributed by atoms with van der Waals surface area (Å²) >= 11 is 0. The van der Waals surface area contributed by atoms with Crippen molar-refractivity contribution in [2.75, 3.05) is 44.2 Å². The number of carbonyl (C=O) groups is 1. The van der Waals surface area contributed by atoms with Crippen LogP contribution in [0.4, 0.5) is 10.1 Å². The number of aromatic nitrogens is 1. The minimum absolute atomic E-state index is 0.109. The van der Waals surface area contributed by atoms with Gasteiger partial charge in [-0.2, -0.15) is 0 Å². The summed E-state index contributed by atoms with van der Waals surface area (Å²) in [5.74, 6) is -0.0839. The molecule has 0 bridgehead atoms. The molecule has 2 aromatic rings. The minimum atomic E-state index is -0.193. The molecule has 0 unspecified atom stereocenters. The van der Waals surface area contributed by atoms with Crippen LogP contribution in [0.1, 0.15) is 28.9 Å². The average Bonchev–Trinajstić information content (AvgIpc) is 3.14. The Morgan fingerprint density at radius 3 is 2.52 bits per heavy atom. The molecule has 1 amide bonds. The van der Waals surface area contributed by atoms with Gasteiger partial charge in [0, 0.05) is 57.2 Å². The topological polar surface area (TPSA) is 42.6 Å². The van der Waals surface area contributed by atoms with E-state index in [0.29, 0.717) is 11.7 Å². The second-order valence-electron chi connectivity index (χ2n) is 7.64. The van der Waals surface area contributed by atoms with E-state index < -0.39 is 0 Å². The first-order chi connectivity index (χ1) is 13.1. The lowest BCUT2D eigenvalue weighted by Crippen LogP contribution is -2.55. The Labute approximate surface area is 159 Å². The van der Waals surface area contributed by atoms with Crippen LogP contribution in [0, 0.1) is 12.7 Å². The van der Waals surface area contributed by atoms with Crippen LogP contribution in [-0.2, 0) is 0 Å². The normalized spacial score (nSPS) is 21.5. The third-order valence-corrected chi connectivity index (χ3v) is 5.76. The number of carbonyl (C=O) groups excluding carboxylic acids is 1. The first kappa shape index (κ1) is 18.0. The molecular formula is C21H27FN4O. The molecule has 5 nitrogen and oxygen atoms in total. The van der Waals surface area contributed by atoms with Crippen molar-refractivity contribution in [3.8, 4) is 0 Å². The Balaban J connectivity index is 1.34. The molecule has 4 rings (SSSR count). The smallest absolute Gasteiger partial charge is 0.270 e. The number of hydrogen-bond acceptors (Lipinski definition) is 3. The summed E-state index contributed by atoms with van der Waals surface area (Å²) in [5.41, 5.74) is 2.86. The number of piperazine rings is 1. The van der Waals surface area contributed by atoms with Gasteiger partial charge in [-0.05, 0) is 55.7 Å². The molecule has 0 aliphatic carbocycles. The van der Waals surface area contributed by atoms with E-state index in [0.717, 1.165) is 63.4 Å². The van der Waals surface area contributed by atoms with Gasteiger partial charge in [0.15, 0.2) is 0 Å². The van der Waals surface area contributed by atoms with Crippen molar-refractivity contribution < 1.29 is 9.18 Å². The van der Waals surface area contributed by atoms with Crippen molar-refractivity contribution in [3.05, 3.63) is 53.6 Å². The Bertz CT molecular complexity index is 780. The Morgan fingerprint density at radius 2 is 1.85 bits per heavy atom. The monoisotopic (exact) mass is 370 g/mol. The number of nitrogens with one attached hydrogen (secondary N) is 1. The molecule has 3 heterocycles. The van der Waals surface area contributed by atoms with E-state index in [1.807, 2.05) is 36.2 Å². The molecule has 0 radical (unpaired) electrons. The quantitative estimate of drug-likeness (QED) is 0.903. The van der Waals surface area contributed by atoms with E-state index in [1.54, 1.807) is 0 Å². The second kappa shape index (κ2) is 7.72. The Kier molecular flexibility index (Phi) is 5.16. The van der Waals surface area contributed by atoms with E-state index >= 15 is 0 Å². The molecule has 27 heavy (non-hydrogen) atoms. The van der Waals surface area contributed by atoms with Gasteiger partial charge >= 0.3 is 0 Å². The largest absolute Gasteiger partial charge is 0.369 e. The molecule has 0 saturated carbocycles. The molecule has 0 spiro atoms. The number of halogens is 1. The molecule has 1 atom stereocenters. The number of benzene rings is 1. The van der Waals surface area contributed by atoms with Crippen molar-refractivity contribution in [1.29, 1.82) is 0 Å². The summed E-state index contributed by atoms with van der Waals surface area (Å²) in [5, 5.41) is 0. The molecule has 144 valence electrons. The van der Waals surface area contributed by atoms with Crippen molar-refractivity contribution in [2.24, 2.45) is 0 Å². The van der Waals surface area contributed by atoms with Gasteiger partial charge in [-0.3, -0.25) is 9.69 Å². The van der Waals surface area contributed by atoms with Crippen LogP contribution in [-0.4, -0.2) is 66.0 Å². The molecule has 6 heteroatoms. The molecule has 1 aromatic heterocycles. The summed E-state index contributed by atoms with van der Waals surface area (Å²) in [6, 6.07) is 9.10. The maximum absolute atomic E-state index is 13.1. The molecule has 1 N–H and O–H groups in total. The fraction of sp³-hybridized carbons (Fsp3) is 0.476. The van der Waals surface area contributed by atoms with Crippen LogP contribution >= 0.6 is 0 Å². The SMILES string of the molecule is Cc1c[nH]c(C(=O)N2CCC[C@H](N3CCN(c4ccc(F)cc4)CC3)C2)c1. The summed E-state index contributed by atoms with van der Waals surface area (Å²) < 4.78 is 13.1. The van der Waals surface area contributed by atoms with E-state index in [-0.39, 0.29) is 11.7 Å². The number of H-pyrrole nitrogens is 1. The highest BCUT2D eigenvalue weighted by molar-refractivity contribution is 5.92. The van der Waals surface area contributed by atoms with Crippen LogP contribution in [0.2, 0.25) is 0 Å². The summed E-state index contributed by atoms with van der Waals surface area (Å²) in [7, 11) is 0. The van der Waals surface area contributed by atoms with E-state index in [2.05, 4.69) is 14.8 Å². The minimum Gasteiger partial charge on any atom is -0.369 e. The Hall–Kier alpha value is -2.34. The number of nitrogens with zero attached hydrogens (tertiary/aromatic N) is 3. The Morgan fingerprint density at radius 1 is 1.11 bits per heavy atom. The first-order valence-corrected chi connectivity index (χ1v) is 9.79. The predicted octanol–water partition coefficient (Wildman–Crippen LogP) is 2.89. The number of aryl methyl sites for hydroxylation is 1. The predicted molar refractivity (Wildman–Crippen MR) is 105 cm³/mol. The number of hydrogen-bond donors (Lipinski definition) is 1. The van der Waals surface area contributed by atoms with Crippen LogP contribution in [0.5, 0.6) is 0 Å².